The van der Waals surface area contributed by atoms with Gasteiger partial charge in [-0.2, -0.15) is 0 Å². The van der Waals surface area contributed by atoms with Gasteiger partial charge in [0.2, 0.25) is 0 Å². The Bertz CT molecular complexity index is 590. The molecule has 98 valence electrons. The molecule has 0 amide bonds. The Hall–Kier alpha value is -2.24. The Morgan fingerprint density at radius 2 is 2.05 bits per heavy atom. The second-order valence-electron chi connectivity index (χ2n) is 5.00. The number of tetrazole rings is 1. The third-order valence-electron chi connectivity index (χ3n) is 3.57. The third-order valence-corrected chi connectivity index (χ3v) is 3.57. The molecule has 6 nitrogen and oxygen atoms in total. The van der Waals surface area contributed by atoms with Gasteiger partial charge in [-0.05, 0) is 28.8 Å². The van der Waals surface area contributed by atoms with Gasteiger partial charge < -0.3 is 5.11 Å². The van der Waals surface area contributed by atoms with Crippen molar-refractivity contribution in [2.24, 2.45) is 5.41 Å². The molecule has 3 rings (SSSR count). The molecule has 0 aliphatic heterocycles. The van der Waals surface area contributed by atoms with Crippen molar-refractivity contribution in [1.82, 2.24) is 20.2 Å². The highest BCUT2D eigenvalue weighted by Gasteiger charge is 2.51. The molecular weight excluding hydrogens is 244 g/mol. The lowest BCUT2D eigenvalue weighted by Crippen LogP contribution is -2.23. The summed E-state index contributed by atoms with van der Waals surface area (Å²) in [6.45, 7) is 0.359. The van der Waals surface area contributed by atoms with E-state index in [1.165, 1.54) is 0 Å². The van der Waals surface area contributed by atoms with Crippen LogP contribution in [0.25, 0.3) is 0 Å². The Morgan fingerprint density at radius 1 is 1.32 bits per heavy atom. The Balaban J connectivity index is 1.78. The van der Waals surface area contributed by atoms with E-state index < -0.39 is 11.4 Å². The number of nitrogens with zero attached hydrogens (tertiary/aromatic N) is 4. The lowest BCUT2D eigenvalue weighted by molar-refractivity contribution is -0.144. The number of benzene rings is 1. The van der Waals surface area contributed by atoms with E-state index in [1.807, 2.05) is 30.3 Å². The highest BCUT2D eigenvalue weighted by atomic mass is 16.4. The summed E-state index contributed by atoms with van der Waals surface area (Å²) in [6.07, 6.45) is 2.02. The van der Waals surface area contributed by atoms with Crippen LogP contribution < -0.4 is 0 Å². The van der Waals surface area contributed by atoms with Gasteiger partial charge in [0.1, 0.15) is 0 Å². The summed E-state index contributed by atoms with van der Waals surface area (Å²) >= 11 is 0. The summed E-state index contributed by atoms with van der Waals surface area (Å²) in [5, 5.41) is 20.8. The van der Waals surface area contributed by atoms with E-state index in [2.05, 4.69) is 15.5 Å². The summed E-state index contributed by atoms with van der Waals surface area (Å²) in [5.41, 5.74) is 0.458. The lowest BCUT2D eigenvalue weighted by Gasteiger charge is -2.10. The second kappa shape index (κ2) is 4.46. The molecule has 0 radical (unpaired) electrons. The number of hydrogen-bond donors (Lipinski definition) is 1. The topological polar surface area (TPSA) is 80.9 Å². The summed E-state index contributed by atoms with van der Waals surface area (Å²) in [7, 11) is 0. The Kier molecular flexibility index (Phi) is 2.77. The first-order valence-corrected chi connectivity index (χ1v) is 6.22. The van der Waals surface area contributed by atoms with Gasteiger partial charge in [-0.3, -0.25) is 4.79 Å². The zero-order chi connectivity index (χ0) is 13.3. The molecule has 0 saturated heterocycles. The first-order chi connectivity index (χ1) is 9.20. The quantitative estimate of drug-likeness (QED) is 0.869. The minimum Gasteiger partial charge on any atom is -0.481 e. The van der Waals surface area contributed by atoms with Crippen LogP contribution in [-0.4, -0.2) is 31.3 Å². The van der Waals surface area contributed by atoms with Crippen LogP contribution in [0, 0.1) is 5.41 Å². The minimum absolute atomic E-state index is 0.359. The highest BCUT2D eigenvalue weighted by molar-refractivity contribution is 5.77. The SMILES string of the molecule is O=C(O)C1(Cn2nnnc2Cc2ccccc2)CC1. The third kappa shape index (κ3) is 2.33. The van der Waals surface area contributed by atoms with Crippen LogP contribution in [-0.2, 0) is 17.8 Å². The van der Waals surface area contributed by atoms with Crippen molar-refractivity contribution < 1.29 is 9.90 Å². The molecule has 1 saturated carbocycles. The number of carbonyl (C=O) groups is 1. The number of carboxylic acids is 1. The van der Waals surface area contributed by atoms with Crippen LogP contribution in [0.1, 0.15) is 24.2 Å². The molecule has 2 aromatic rings. The predicted molar refractivity (Wildman–Crippen MR) is 66.4 cm³/mol. The molecule has 0 bridgehead atoms. The van der Waals surface area contributed by atoms with Crippen LogP contribution in [0.3, 0.4) is 0 Å². The molecule has 0 unspecified atom stereocenters. The van der Waals surface area contributed by atoms with Crippen molar-refractivity contribution in [3.63, 3.8) is 0 Å². The van der Waals surface area contributed by atoms with E-state index in [1.54, 1.807) is 4.68 Å². The molecular formula is C13H14N4O2. The van der Waals surface area contributed by atoms with Crippen LogP contribution >= 0.6 is 0 Å². The predicted octanol–water partition coefficient (Wildman–Crippen LogP) is 1.13. The van der Waals surface area contributed by atoms with E-state index in [0.717, 1.165) is 5.56 Å². The first-order valence-electron chi connectivity index (χ1n) is 6.22. The molecule has 1 fully saturated rings. The Labute approximate surface area is 110 Å². The Morgan fingerprint density at radius 3 is 2.68 bits per heavy atom. The maximum absolute atomic E-state index is 11.2. The average molecular weight is 258 g/mol. The molecule has 1 N–H and O–H groups in total. The van der Waals surface area contributed by atoms with E-state index >= 15 is 0 Å². The zero-order valence-electron chi connectivity index (χ0n) is 10.4. The maximum Gasteiger partial charge on any atom is 0.311 e. The van der Waals surface area contributed by atoms with Crippen molar-refractivity contribution in [3.05, 3.63) is 41.7 Å². The zero-order valence-corrected chi connectivity index (χ0v) is 10.4. The van der Waals surface area contributed by atoms with Crippen molar-refractivity contribution in [2.75, 3.05) is 0 Å². The minimum atomic E-state index is -0.756. The molecule has 1 heterocycles. The number of rotatable bonds is 5. The summed E-state index contributed by atoms with van der Waals surface area (Å²) < 4.78 is 1.62. The van der Waals surface area contributed by atoms with E-state index in [9.17, 15) is 9.90 Å². The van der Waals surface area contributed by atoms with Gasteiger partial charge in [-0.1, -0.05) is 30.3 Å². The van der Waals surface area contributed by atoms with Crippen LogP contribution in [0.15, 0.2) is 30.3 Å². The molecule has 1 aromatic heterocycles. The maximum atomic E-state index is 11.2. The fourth-order valence-electron chi connectivity index (χ4n) is 2.13. The first kappa shape index (κ1) is 11.8. The van der Waals surface area contributed by atoms with E-state index in [4.69, 9.17) is 0 Å². The molecule has 1 aromatic carbocycles. The van der Waals surface area contributed by atoms with E-state index in [-0.39, 0.29) is 0 Å². The van der Waals surface area contributed by atoms with Gasteiger partial charge >= 0.3 is 5.97 Å². The van der Waals surface area contributed by atoms with Gasteiger partial charge in [0.15, 0.2) is 5.82 Å². The summed E-state index contributed by atoms with van der Waals surface area (Å²) in [4.78, 5) is 11.2. The van der Waals surface area contributed by atoms with Crippen LogP contribution in [0.2, 0.25) is 0 Å². The van der Waals surface area contributed by atoms with Crippen molar-refractivity contribution >= 4 is 5.97 Å². The molecule has 1 aliphatic rings. The van der Waals surface area contributed by atoms with Crippen molar-refractivity contribution in [3.8, 4) is 0 Å². The van der Waals surface area contributed by atoms with E-state index in [0.29, 0.717) is 31.6 Å². The van der Waals surface area contributed by atoms with Crippen LogP contribution in [0.5, 0.6) is 0 Å². The fraction of sp³-hybridized carbons (Fsp3) is 0.385. The van der Waals surface area contributed by atoms with Gasteiger partial charge in [-0.25, -0.2) is 4.68 Å². The fourth-order valence-corrected chi connectivity index (χ4v) is 2.13. The van der Waals surface area contributed by atoms with Gasteiger partial charge in [0, 0.05) is 6.42 Å². The molecule has 1 aliphatic carbocycles. The summed E-state index contributed by atoms with van der Waals surface area (Å²) in [6, 6.07) is 9.88. The van der Waals surface area contributed by atoms with Gasteiger partial charge in [0.25, 0.3) is 0 Å². The number of hydrogen-bond acceptors (Lipinski definition) is 4. The normalized spacial score (nSPS) is 16.2. The average Bonchev–Trinajstić information content (AvgIpc) is 3.07. The lowest BCUT2D eigenvalue weighted by atomic mass is 10.1. The molecule has 0 atom stereocenters. The molecule has 19 heavy (non-hydrogen) atoms. The van der Waals surface area contributed by atoms with Gasteiger partial charge in [-0.15, -0.1) is 5.10 Å². The highest BCUT2D eigenvalue weighted by Crippen LogP contribution is 2.47. The van der Waals surface area contributed by atoms with Crippen molar-refractivity contribution in [1.29, 1.82) is 0 Å². The largest absolute Gasteiger partial charge is 0.481 e. The number of aliphatic carboxylic acids is 1. The molecule has 6 heteroatoms. The number of aromatic nitrogens is 4. The van der Waals surface area contributed by atoms with Crippen molar-refractivity contribution in [2.45, 2.75) is 25.8 Å². The standard InChI is InChI=1S/C13H14N4O2/c18-12(19)13(6-7-13)9-17-11(14-15-16-17)8-10-4-2-1-3-5-10/h1-5H,6-9H2,(H,18,19). The number of carboxylic acid groups (broad SMARTS) is 1. The van der Waals surface area contributed by atoms with Crippen LogP contribution in [0.4, 0.5) is 0 Å². The van der Waals surface area contributed by atoms with Gasteiger partial charge in [0.05, 0.1) is 12.0 Å². The smallest absolute Gasteiger partial charge is 0.311 e. The second-order valence-corrected chi connectivity index (χ2v) is 5.00. The monoisotopic (exact) mass is 258 g/mol. The summed E-state index contributed by atoms with van der Waals surface area (Å²) in [5.74, 6) is -0.0487. The molecule has 0 spiro atoms.